The maximum atomic E-state index is 10.2. The van der Waals surface area contributed by atoms with Crippen molar-refractivity contribution in [2.24, 2.45) is 0 Å². The monoisotopic (exact) mass is 234 g/mol. The molecule has 1 aromatic rings. The van der Waals surface area contributed by atoms with Crippen LogP contribution >= 0.6 is 0 Å². The van der Waals surface area contributed by atoms with Crippen molar-refractivity contribution in [3.8, 4) is 0 Å². The van der Waals surface area contributed by atoms with Crippen molar-refractivity contribution in [1.29, 1.82) is 0 Å². The van der Waals surface area contributed by atoms with Crippen molar-refractivity contribution in [3.05, 3.63) is 29.8 Å². The maximum absolute atomic E-state index is 10.2. The second-order valence-corrected chi connectivity index (χ2v) is 4.78. The number of nitrogens with zero attached hydrogens (tertiary/aromatic N) is 1. The molecule has 3 nitrogen and oxygen atoms in total. The first-order valence-corrected chi connectivity index (χ1v) is 6.41. The molecule has 2 N–H and O–H groups in total. The highest BCUT2D eigenvalue weighted by Crippen LogP contribution is 2.37. The normalized spacial score (nSPS) is 25.5. The van der Waals surface area contributed by atoms with Gasteiger partial charge in [-0.15, -0.1) is 0 Å². The Kier molecular flexibility index (Phi) is 3.69. The van der Waals surface area contributed by atoms with Gasteiger partial charge >= 0.3 is 0 Å². The highest BCUT2D eigenvalue weighted by molar-refractivity contribution is 5.58. The zero-order chi connectivity index (χ0) is 12.4. The minimum atomic E-state index is -0.385. The minimum Gasteiger partial charge on any atom is -0.374 e. The van der Waals surface area contributed by atoms with Crippen molar-refractivity contribution in [2.45, 2.75) is 45.0 Å². The predicted octanol–water partition coefficient (Wildman–Crippen LogP) is 2.27. The molecule has 94 valence electrons. The largest absolute Gasteiger partial charge is 0.374 e. The van der Waals surface area contributed by atoms with Crippen molar-refractivity contribution < 1.29 is 5.11 Å². The Labute approximate surface area is 103 Å². The number of fused-ring (bicyclic) bond motifs is 1. The number of benzene rings is 1. The zero-order valence-corrected chi connectivity index (χ0v) is 10.9. The lowest BCUT2D eigenvalue weighted by Gasteiger charge is -2.43. The fourth-order valence-electron chi connectivity index (χ4n) is 2.76. The Morgan fingerprint density at radius 3 is 2.82 bits per heavy atom. The fraction of sp³-hybridized carbons (Fsp3) is 0.571. The molecule has 0 radical (unpaired) electrons. The quantitative estimate of drug-likeness (QED) is 0.842. The average molecular weight is 234 g/mol. The topological polar surface area (TPSA) is 35.5 Å². The van der Waals surface area contributed by atoms with Crippen molar-refractivity contribution >= 4 is 5.69 Å². The summed E-state index contributed by atoms with van der Waals surface area (Å²) in [6.45, 7) is 4.20. The van der Waals surface area contributed by atoms with Crippen molar-refractivity contribution in [3.63, 3.8) is 0 Å². The third kappa shape index (κ3) is 2.17. The lowest BCUT2D eigenvalue weighted by Crippen LogP contribution is -2.47. The van der Waals surface area contributed by atoms with Gasteiger partial charge in [-0.2, -0.15) is 0 Å². The van der Waals surface area contributed by atoms with E-state index in [-0.39, 0.29) is 6.23 Å². The van der Waals surface area contributed by atoms with E-state index in [1.54, 1.807) is 0 Å². The molecule has 1 aliphatic heterocycles. The average Bonchev–Trinajstić information content (AvgIpc) is 2.37. The van der Waals surface area contributed by atoms with Crippen LogP contribution in [0.4, 0.5) is 5.69 Å². The van der Waals surface area contributed by atoms with Gasteiger partial charge in [0.15, 0.2) is 0 Å². The third-order valence-electron chi connectivity index (χ3n) is 3.68. The summed E-state index contributed by atoms with van der Waals surface area (Å²) in [5.74, 6) is 0. The number of para-hydroxylation sites is 1. The molecule has 0 saturated carbocycles. The van der Waals surface area contributed by atoms with Crippen LogP contribution in [0.15, 0.2) is 24.3 Å². The van der Waals surface area contributed by atoms with Gasteiger partial charge in [0.2, 0.25) is 0 Å². The van der Waals surface area contributed by atoms with E-state index in [2.05, 4.69) is 35.3 Å². The summed E-state index contributed by atoms with van der Waals surface area (Å²) in [7, 11) is 2.00. The molecule has 1 aromatic carbocycles. The zero-order valence-electron chi connectivity index (χ0n) is 10.9. The first-order chi connectivity index (χ1) is 8.19. The van der Waals surface area contributed by atoms with Crippen LogP contribution in [0, 0.1) is 0 Å². The van der Waals surface area contributed by atoms with Crippen LogP contribution in [0.2, 0.25) is 0 Å². The fourth-order valence-corrected chi connectivity index (χ4v) is 2.76. The van der Waals surface area contributed by atoms with Gasteiger partial charge in [0.05, 0.1) is 0 Å². The SMILES string of the molecule is CCC(O)N1c2ccccc2C(NC)CC1C. The van der Waals surface area contributed by atoms with E-state index >= 15 is 0 Å². The van der Waals surface area contributed by atoms with E-state index < -0.39 is 0 Å². The van der Waals surface area contributed by atoms with E-state index in [0.717, 1.165) is 12.8 Å². The van der Waals surface area contributed by atoms with Crippen LogP contribution in [0.5, 0.6) is 0 Å². The molecule has 1 aliphatic rings. The number of hydrogen-bond acceptors (Lipinski definition) is 3. The number of hydrogen-bond donors (Lipinski definition) is 2. The summed E-state index contributed by atoms with van der Waals surface area (Å²) in [5.41, 5.74) is 2.46. The van der Waals surface area contributed by atoms with E-state index in [4.69, 9.17) is 0 Å². The van der Waals surface area contributed by atoms with Crippen LogP contribution in [-0.4, -0.2) is 24.4 Å². The van der Waals surface area contributed by atoms with Gasteiger partial charge in [-0.25, -0.2) is 0 Å². The Morgan fingerprint density at radius 1 is 1.47 bits per heavy atom. The number of aliphatic hydroxyl groups excluding tert-OH is 1. The number of anilines is 1. The molecular weight excluding hydrogens is 212 g/mol. The summed E-state index contributed by atoms with van der Waals surface area (Å²) in [5, 5.41) is 13.5. The molecule has 0 bridgehead atoms. The Bertz CT molecular complexity index is 380. The Hall–Kier alpha value is -1.06. The first kappa shape index (κ1) is 12.4. The van der Waals surface area contributed by atoms with Gasteiger partial charge in [-0.05, 0) is 38.4 Å². The molecule has 0 amide bonds. The van der Waals surface area contributed by atoms with E-state index in [1.165, 1.54) is 11.3 Å². The van der Waals surface area contributed by atoms with Gasteiger partial charge < -0.3 is 15.3 Å². The van der Waals surface area contributed by atoms with Crippen LogP contribution < -0.4 is 10.2 Å². The van der Waals surface area contributed by atoms with E-state index in [1.807, 2.05) is 20.0 Å². The van der Waals surface area contributed by atoms with E-state index in [9.17, 15) is 5.11 Å². The summed E-state index contributed by atoms with van der Waals surface area (Å²) in [4.78, 5) is 2.14. The highest BCUT2D eigenvalue weighted by Gasteiger charge is 2.31. The molecular formula is C14H22N2O. The van der Waals surface area contributed by atoms with Crippen molar-refractivity contribution in [1.82, 2.24) is 5.32 Å². The van der Waals surface area contributed by atoms with Crippen LogP contribution in [0.3, 0.4) is 0 Å². The Balaban J connectivity index is 2.42. The molecule has 0 saturated heterocycles. The molecule has 0 fully saturated rings. The molecule has 17 heavy (non-hydrogen) atoms. The summed E-state index contributed by atoms with van der Waals surface area (Å²) in [6.07, 6.45) is 1.40. The molecule has 0 aromatic heterocycles. The maximum Gasteiger partial charge on any atom is 0.126 e. The Morgan fingerprint density at radius 2 is 2.18 bits per heavy atom. The number of nitrogens with one attached hydrogen (secondary N) is 1. The van der Waals surface area contributed by atoms with Gasteiger partial charge in [0, 0.05) is 17.8 Å². The second-order valence-electron chi connectivity index (χ2n) is 4.78. The molecule has 0 aliphatic carbocycles. The second kappa shape index (κ2) is 5.07. The van der Waals surface area contributed by atoms with Crippen molar-refractivity contribution in [2.75, 3.05) is 11.9 Å². The molecule has 3 heteroatoms. The lowest BCUT2D eigenvalue weighted by molar-refractivity contribution is 0.148. The van der Waals surface area contributed by atoms with Crippen LogP contribution in [0.1, 0.15) is 38.3 Å². The lowest BCUT2D eigenvalue weighted by atomic mass is 9.91. The number of aliphatic hydroxyl groups is 1. The first-order valence-electron chi connectivity index (χ1n) is 6.41. The van der Waals surface area contributed by atoms with Gasteiger partial charge in [-0.1, -0.05) is 25.1 Å². The third-order valence-corrected chi connectivity index (χ3v) is 3.68. The summed E-state index contributed by atoms with van der Waals surface area (Å²) in [6, 6.07) is 9.11. The number of rotatable bonds is 3. The van der Waals surface area contributed by atoms with Crippen LogP contribution in [-0.2, 0) is 0 Å². The van der Waals surface area contributed by atoms with Gasteiger partial charge in [-0.3, -0.25) is 0 Å². The van der Waals surface area contributed by atoms with E-state index in [0.29, 0.717) is 12.1 Å². The summed E-state index contributed by atoms with van der Waals surface area (Å²) < 4.78 is 0. The molecule has 2 rings (SSSR count). The molecule has 1 heterocycles. The highest BCUT2D eigenvalue weighted by atomic mass is 16.3. The molecule has 0 spiro atoms. The molecule has 3 atom stereocenters. The van der Waals surface area contributed by atoms with Gasteiger partial charge in [0.1, 0.15) is 6.23 Å². The van der Waals surface area contributed by atoms with Gasteiger partial charge in [0.25, 0.3) is 0 Å². The molecule has 3 unspecified atom stereocenters. The smallest absolute Gasteiger partial charge is 0.126 e. The van der Waals surface area contributed by atoms with Crippen LogP contribution in [0.25, 0.3) is 0 Å². The summed E-state index contributed by atoms with van der Waals surface area (Å²) >= 11 is 0. The predicted molar refractivity (Wildman–Crippen MR) is 71.1 cm³/mol. The minimum absolute atomic E-state index is 0.359. The standard InChI is InChI=1S/C14H22N2O/c1-4-14(17)16-10(2)9-12(15-3)11-7-5-6-8-13(11)16/h5-8,10,12,14-15,17H,4,9H2,1-3H3.